The van der Waals surface area contributed by atoms with Crippen molar-refractivity contribution >= 4 is 11.8 Å². The minimum absolute atomic E-state index is 0.217. The first-order valence-corrected chi connectivity index (χ1v) is 5.56. The molecule has 0 spiro atoms. The van der Waals surface area contributed by atoms with Gasteiger partial charge in [-0.3, -0.25) is 0 Å². The van der Waals surface area contributed by atoms with Crippen molar-refractivity contribution in [2.24, 2.45) is 0 Å². The molecule has 0 fully saturated rings. The van der Waals surface area contributed by atoms with Crippen LogP contribution >= 0.6 is 11.8 Å². The van der Waals surface area contributed by atoms with Gasteiger partial charge in [0.25, 0.3) is 0 Å². The van der Waals surface area contributed by atoms with Crippen LogP contribution in [0.5, 0.6) is 5.75 Å². The summed E-state index contributed by atoms with van der Waals surface area (Å²) >= 11 is 1.66. The van der Waals surface area contributed by atoms with E-state index in [1.807, 2.05) is 13.8 Å². The summed E-state index contributed by atoms with van der Waals surface area (Å²) in [5, 5.41) is 8.72. The second-order valence-corrected chi connectivity index (χ2v) is 4.33. The van der Waals surface area contributed by atoms with Crippen LogP contribution in [-0.4, -0.2) is 24.6 Å². The number of aliphatic hydroxyl groups excluding tert-OH is 1. The fraction of sp³-hybridized carbons (Fsp3) is 0.455. The van der Waals surface area contributed by atoms with Crippen molar-refractivity contribution in [3.05, 3.63) is 23.3 Å². The maximum absolute atomic E-state index is 8.72. The second-order valence-electron chi connectivity index (χ2n) is 3.16. The van der Waals surface area contributed by atoms with Crippen LogP contribution in [0.4, 0.5) is 0 Å². The quantitative estimate of drug-likeness (QED) is 0.777. The predicted molar refractivity (Wildman–Crippen MR) is 60.3 cm³/mol. The van der Waals surface area contributed by atoms with Gasteiger partial charge < -0.3 is 9.84 Å². The third-order valence-electron chi connectivity index (χ3n) is 2.00. The number of thioether (sulfide) groups is 1. The zero-order valence-corrected chi connectivity index (χ0v) is 9.65. The van der Waals surface area contributed by atoms with Crippen LogP contribution in [0.1, 0.15) is 11.1 Å². The Hall–Kier alpha value is -0.670. The third kappa shape index (κ3) is 2.66. The van der Waals surface area contributed by atoms with E-state index in [9.17, 15) is 0 Å². The van der Waals surface area contributed by atoms with Crippen LogP contribution in [0.3, 0.4) is 0 Å². The van der Waals surface area contributed by atoms with E-state index >= 15 is 0 Å². The molecule has 0 saturated carbocycles. The van der Waals surface area contributed by atoms with Gasteiger partial charge in [-0.25, -0.2) is 0 Å². The second kappa shape index (κ2) is 5.27. The van der Waals surface area contributed by atoms with E-state index in [0.29, 0.717) is 0 Å². The van der Waals surface area contributed by atoms with E-state index in [0.717, 1.165) is 22.6 Å². The average Bonchev–Trinajstić information content (AvgIpc) is 2.14. The number of benzene rings is 1. The first-order chi connectivity index (χ1) is 6.69. The smallest absolute Gasteiger partial charge is 0.124 e. The molecule has 1 aromatic rings. The van der Waals surface area contributed by atoms with Crippen LogP contribution in [0.2, 0.25) is 0 Å². The Morgan fingerprint density at radius 1 is 1.29 bits per heavy atom. The van der Waals surface area contributed by atoms with Crippen molar-refractivity contribution < 1.29 is 9.84 Å². The average molecular weight is 212 g/mol. The molecular weight excluding hydrogens is 196 g/mol. The van der Waals surface area contributed by atoms with Gasteiger partial charge in [0, 0.05) is 10.6 Å². The fourth-order valence-corrected chi connectivity index (χ4v) is 2.33. The van der Waals surface area contributed by atoms with Crippen molar-refractivity contribution in [2.45, 2.75) is 18.7 Å². The Morgan fingerprint density at radius 2 is 1.86 bits per heavy atom. The van der Waals surface area contributed by atoms with Gasteiger partial charge in [0.15, 0.2) is 0 Å². The van der Waals surface area contributed by atoms with Crippen LogP contribution in [0.25, 0.3) is 0 Å². The number of hydrogen-bond donors (Lipinski definition) is 1. The van der Waals surface area contributed by atoms with Gasteiger partial charge in [0.05, 0.1) is 13.7 Å². The molecule has 0 unspecified atom stereocenters. The van der Waals surface area contributed by atoms with Gasteiger partial charge in [-0.2, -0.15) is 0 Å². The summed E-state index contributed by atoms with van der Waals surface area (Å²) < 4.78 is 5.28. The number of aliphatic hydroxyl groups is 1. The summed E-state index contributed by atoms with van der Waals surface area (Å²) in [4.78, 5) is 1.19. The maximum atomic E-state index is 8.72. The lowest BCUT2D eigenvalue weighted by molar-refractivity contribution is 0.322. The summed E-state index contributed by atoms with van der Waals surface area (Å²) in [5.74, 6) is 1.70. The largest absolute Gasteiger partial charge is 0.496 e. The predicted octanol–water partition coefficient (Wildman–Crippen LogP) is 2.40. The molecule has 0 aliphatic rings. The third-order valence-corrected chi connectivity index (χ3v) is 2.95. The molecule has 78 valence electrons. The lowest BCUT2D eigenvalue weighted by atomic mass is 10.1. The highest BCUT2D eigenvalue weighted by atomic mass is 32.2. The maximum Gasteiger partial charge on any atom is 0.124 e. The molecule has 3 heteroatoms. The van der Waals surface area contributed by atoms with Gasteiger partial charge in [0.2, 0.25) is 0 Å². The van der Waals surface area contributed by atoms with Gasteiger partial charge in [0.1, 0.15) is 5.75 Å². The Bertz CT molecular complexity index is 287. The number of ether oxygens (including phenoxy) is 1. The lowest BCUT2D eigenvalue weighted by Crippen LogP contribution is -1.92. The SMILES string of the molecule is COc1c(C)cc(SCCO)cc1C. The summed E-state index contributed by atoms with van der Waals surface area (Å²) in [7, 11) is 1.69. The Morgan fingerprint density at radius 3 is 2.29 bits per heavy atom. The van der Waals surface area contributed by atoms with E-state index in [-0.39, 0.29) is 6.61 Å². The van der Waals surface area contributed by atoms with E-state index in [4.69, 9.17) is 9.84 Å². The molecule has 0 bridgehead atoms. The topological polar surface area (TPSA) is 29.5 Å². The molecule has 1 aromatic carbocycles. The van der Waals surface area contributed by atoms with Gasteiger partial charge in [-0.15, -0.1) is 11.8 Å². The van der Waals surface area contributed by atoms with Crippen molar-refractivity contribution in [3.8, 4) is 5.75 Å². The highest BCUT2D eigenvalue weighted by Crippen LogP contribution is 2.29. The first-order valence-electron chi connectivity index (χ1n) is 4.58. The van der Waals surface area contributed by atoms with Crippen LogP contribution in [0.15, 0.2) is 17.0 Å². The molecule has 0 aromatic heterocycles. The Balaban J connectivity index is 2.90. The molecule has 1 N–H and O–H groups in total. The van der Waals surface area contributed by atoms with Gasteiger partial charge in [-0.1, -0.05) is 0 Å². The molecule has 1 rings (SSSR count). The summed E-state index contributed by atoms with van der Waals surface area (Å²) in [6.07, 6.45) is 0. The molecule has 14 heavy (non-hydrogen) atoms. The highest BCUT2D eigenvalue weighted by molar-refractivity contribution is 7.99. The van der Waals surface area contributed by atoms with Gasteiger partial charge >= 0.3 is 0 Å². The van der Waals surface area contributed by atoms with Crippen LogP contribution in [-0.2, 0) is 0 Å². The molecular formula is C11H16O2S. The first kappa shape index (κ1) is 11.4. The summed E-state index contributed by atoms with van der Waals surface area (Å²) in [6, 6.07) is 4.18. The van der Waals surface area contributed by atoms with Crippen LogP contribution in [0, 0.1) is 13.8 Å². The Kier molecular flexibility index (Phi) is 4.29. The zero-order chi connectivity index (χ0) is 10.6. The number of methoxy groups -OCH3 is 1. The van der Waals surface area contributed by atoms with E-state index in [1.54, 1.807) is 18.9 Å². The molecule has 0 amide bonds. The van der Waals surface area contributed by atoms with Crippen LogP contribution < -0.4 is 4.74 Å². The Labute approximate surface area is 89.3 Å². The number of hydrogen-bond acceptors (Lipinski definition) is 3. The fourth-order valence-electron chi connectivity index (χ4n) is 1.48. The van der Waals surface area contributed by atoms with Crippen molar-refractivity contribution in [1.82, 2.24) is 0 Å². The summed E-state index contributed by atoms with van der Waals surface area (Å²) in [6.45, 7) is 4.29. The standard InChI is InChI=1S/C11H16O2S/c1-8-6-10(14-5-4-12)7-9(2)11(8)13-3/h6-7,12H,4-5H2,1-3H3. The molecule has 0 aliphatic carbocycles. The van der Waals surface area contributed by atoms with Crippen molar-refractivity contribution in [2.75, 3.05) is 19.5 Å². The van der Waals surface area contributed by atoms with Crippen molar-refractivity contribution in [1.29, 1.82) is 0 Å². The van der Waals surface area contributed by atoms with Crippen molar-refractivity contribution in [3.63, 3.8) is 0 Å². The lowest BCUT2D eigenvalue weighted by Gasteiger charge is -2.10. The molecule has 0 radical (unpaired) electrons. The number of aryl methyl sites for hydroxylation is 2. The van der Waals surface area contributed by atoms with E-state index < -0.39 is 0 Å². The molecule has 0 atom stereocenters. The zero-order valence-electron chi connectivity index (χ0n) is 8.83. The monoisotopic (exact) mass is 212 g/mol. The summed E-state index contributed by atoms with van der Waals surface area (Å²) in [5.41, 5.74) is 2.29. The van der Waals surface area contributed by atoms with Gasteiger partial charge in [-0.05, 0) is 37.1 Å². The minimum Gasteiger partial charge on any atom is -0.496 e. The minimum atomic E-state index is 0.217. The molecule has 2 nitrogen and oxygen atoms in total. The molecule has 0 heterocycles. The highest BCUT2D eigenvalue weighted by Gasteiger charge is 2.04. The van der Waals surface area contributed by atoms with E-state index in [1.165, 1.54) is 4.90 Å². The number of rotatable bonds is 4. The molecule has 0 saturated heterocycles. The van der Waals surface area contributed by atoms with E-state index in [2.05, 4.69) is 12.1 Å². The normalized spacial score (nSPS) is 10.3. The molecule has 0 aliphatic heterocycles.